The molecule has 0 aliphatic carbocycles. The SMILES string of the molecule is CCN1C(=O)C(Cl)=C(c2cccs2)C1=O. The van der Waals surface area contributed by atoms with Gasteiger partial charge < -0.3 is 0 Å². The Kier molecular flexibility index (Phi) is 2.63. The van der Waals surface area contributed by atoms with E-state index in [-0.39, 0.29) is 10.9 Å². The Bertz CT molecular complexity index is 450. The van der Waals surface area contributed by atoms with Gasteiger partial charge in [-0.3, -0.25) is 14.5 Å². The molecule has 0 saturated carbocycles. The van der Waals surface area contributed by atoms with Crippen LogP contribution in [-0.2, 0) is 9.59 Å². The van der Waals surface area contributed by atoms with Crippen molar-refractivity contribution in [2.24, 2.45) is 0 Å². The molecule has 2 amide bonds. The maximum absolute atomic E-state index is 11.8. The van der Waals surface area contributed by atoms with Crippen LogP contribution in [0, 0.1) is 0 Å². The Labute approximate surface area is 96.0 Å². The largest absolute Gasteiger partial charge is 0.274 e. The number of hydrogen-bond acceptors (Lipinski definition) is 3. The lowest BCUT2D eigenvalue weighted by Gasteiger charge is -2.10. The van der Waals surface area contributed by atoms with Gasteiger partial charge in [0.2, 0.25) is 0 Å². The Morgan fingerprint density at radius 2 is 2.13 bits per heavy atom. The lowest BCUT2D eigenvalue weighted by atomic mass is 10.2. The summed E-state index contributed by atoms with van der Waals surface area (Å²) in [7, 11) is 0. The molecule has 0 atom stereocenters. The summed E-state index contributed by atoms with van der Waals surface area (Å²) in [6.07, 6.45) is 0. The predicted molar refractivity (Wildman–Crippen MR) is 59.5 cm³/mol. The Balaban J connectivity index is 2.49. The Morgan fingerprint density at radius 1 is 1.40 bits per heavy atom. The van der Waals surface area contributed by atoms with Gasteiger partial charge in [-0.15, -0.1) is 11.3 Å². The molecular formula is C10H8ClNO2S. The normalized spacial score (nSPS) is 16.8. The summed E-state index contributed by atoms with van der Waals surface area (Å²) in [5.74, 6) is -0.692. The van der Waals surface area contributed by atoms with E-state index in [0.29, 0.717) is 12.1 Å². The van der Waals surface area contributed by atoms with Crippen molar-refractivity contribution in [3.05, 3.63) is 27.4 Å². The minimum absolute atomic E-state index is 0.0318. The first-order valence-corrected chi connectivity index (χ1v) is 5.72. The molecule has 0 saturated heterocycles. The third-order valence-electron chi connectivity index (χ3n) is 2.20. The van der Waals surface area contributed by atoms with Crippen molar-refractivity contribution in [2.75, 3.05) is 6.54 Å². The topological polar surface area (TPSA) is 37.4 Å². The van der Waals surface area contributed by atoms with Crippen molar-refractivity contribution < 1.29 is 9.59 Å². The molecule has 1 aliphatic heterocycles. The zero-order chi connectivity index (χ0) is 11.0. The second-order valence-corrected chi connectivity index (χ2v) is 4.35. The fourth-order valence-electron chi connectivity index (χ4n) is 1.47. The van der Waals surface area contributed by atoms with Gasteiger partial charge in [-0.1, -0.05) is 17.7 Å². The number of thiophene rings is 1. The van der Waals surface area contributed by atoms with Gasteiger partial charge in [-0.25, -0.2) is 0 Å². The van der Waals surface area contributed by atoms with Gasteiger partial charge in [0.15, 0.2) is 0 Å². The molecule has 2 heterocycles. The van der Waals surface area contributed by atoms with Crippen LogP contribution in [0.5, 0.6) is 0 Å². The first-order chi connectivity index (χ1) is 7.16. The number of nitrogens with zero attached hydrogens (tertiary/aromatic N) is 1. The van der Waals surface area contributed by atoms with Gasteiger partial charge in [0.05, 0.1) is 5.57 Å². The minimum atomic E-state index is -0.396. The highest BCUT2D eigenvalue weighted by molar-refractivity contribution is 7.11. The third kappa shape index (κ3) is 1.50. The Morgan fingerprint density at radius 3 is 2.60 bits per heavy atom. The summed E-state index contributed by atoms with van der Waals surface area (Å²) < 4.78 is 0. The van der Waals surface area contributed by atoms with Crippen LogP contribution in [0.1, 0.15) is 11.8 Å². The van der Waals surface area contributed by atoms with Crippen LogP contribution < -0.4 is 0 Å². The molecule has 0 bridgehead atoms. The monoisotopic (exact) mass is 241 g/mol. The molecule has 2 rings (SSSR count). The van der Waals surface area contributed by atoms with Crippen molar-refractivity contribution in [3.63, 3.8) is 0 Å². The molecule has 3 nitrogen and oxygen atoms in total. The zero-order valence-corrected chi connectivity index (χ0v) is 9.56. The van der Waals surface area contributed by atoms with E-state index in [1.165, 1.54) is 11.3 Å². The van der Waals surface area contributed by atoms with Crippen LogP contribution in [0.2, 0.25) is 0 Å². The molecule has 1 aromatic heterocycles. The van der Waals surface area contributed by atoms with Gasteiger partial charge in [-0.2, -0.15) is 0 Å². The lowest BCUT2D eigenvalue weighted by molar-refractivity contribution is -0.136. The smallest absolute Gasteiger partial charge is 0.273 e. The fourth-order valence-corrected chi connectivity index (χ4v) is 2.58. The number of hydrogen-bond donors (Lipinski definition) is 0. The molecule has 1 aromatic rings. The van der Waals surface area contributed by atoms with Crippen molar-refractivity contribution in [1.29, 1.82) is 0 Å². The second kappa shape index (κ2) is 3.79. The van der Waals surface area contributed by atoms with E-state index >= 15 is 0 Å². The van der Waals surface area contributed by atoms with Gasteiger partial charge in [0, 0.05) is 11.4 Å². The highest BCUT2D eigenvalue weighted by Crippen LogP contribution is 2.33. The number of carbonyl (C=O) groups excluding carboxylic acids is 2. The molecule has 5 heteroatoms. The summed E-state index contributed by atoms with van der Waals surface area (Å²) in [6, 6.07) is 3.61. The number of rotatable bonds is 2. The van der Waals surface area contributed by atoms with Crippen molar-refractivity contribution >= 4 is 40.3 Å². The van der Waals surface area contributed by atoms with E-state index in [1.807, 2.05) is 11.4 Å². The number of imide groups is 1. The van der Waals surface area contributed by atoms with Crippen LogP contribution in [0.25, 0.3) is 5.57 Å². The van der Waals surface area contributed by atoms with E-state index in [4.69, 9.17) is 11.6 Å². The number of carbonyl (C=O) groups is 2. The van der Waals surface area contributed by atoms with E-state index in [2.05, 4.69) is 0 Å². The third-order valence-corrected chi connectivity index (χ3v) is 3.43. The first-order valence-electron chi connectivity index (χ1n) is 4.46. The van der Waals surface area contributed by atoms with Crippen LogP contribution in [-0.4, -0.2) is 23.3 Å². The van der Waals surface area contributed by atoms with Crippen molar-refractivity contribution in [3.8, 4) is 0 Å². The molecule has 78 valence electrons. The average molecular weight is 242 g/mol. The second-order valence-electron chi connectivity index (χ2n) is 3.02. The zero-order valence-electron chi connectivity index (χ0n) is 7.99. The molecule has 0 radical (unpaired) electrons. The number of amides is 2. The summed E-state index contributed by atoms with van der Waals surface area (Å²) in [5.41, 5.74) is 0.332. The van der Waals surface area contributed by atoms with Crippen LogP contribution >= 0.6 is 22.9 Å². The quantitative estimate of drug-likeness (QED) is 0.744. The average Bonchev–Trinajstić information content (AvgIpc) is 2.77. The molecular weight excluding hydrogens is 234 g/mol. The lowest BCUT2D eigenvalue weighted by Crippen LogP contribution is -2.30. The van der Waals surface area contributed by atoms with Crippen molar-refractivity contribution in [2.45, 2.75) is 6.92 Å². The van der Waals surface area contributed by atoms with E-state index in [0.717, 1.165) is 9.78 Å². The predicted octanol–water partition coefficient (Wildman–Crippen LogP) is 2.09. The molecule has 1 aliphatic rings. The molecule has 0 fully saturated rings. The maximum atomic E-state index is 11.8. The summed E-state index contributed by atoms with van der Waals surface area (Å²) in [6.45, 7) is 2.10. The summed E-state index contributed by atoms with van der Waals surface area (Å²) >= 11 is 7.26. The van der Waals surface area contributed by atoms with Gasteiger partial charge in [-0.05, 0) is 18.4 Å². The molecule has 0 spiro atoms. The van der Waals surface area contributed by atoms with Crippen LogP contribution in [0.4, 0.5) is 0 Å². The highest BCUT2D eigenvalue weighted by atomic mass is 35.5. The van der Waals surface area contributed by atoms with Crippen molar-refractivity contribution in [1.82, 2.24) is 4.90 Å². The number of halogens is 1. The maximum Gasteiger partial charge on any atom is 0.273 e. The van der Waals surface area contributed by atoms with Crippen LogP contribution in [0.15, 0.2) is 22.5 Å². The van der Waals surface area contributed by atoms with Gasteiger partial charge >= 0.3 is 0 Å². The van der Waals surface area contributed by atoms with Gasteiger partial charge in [0.25, 0.3) is 11.8 Å². The van der Waals surface area contributed by atoms with E-state index < -0.39 is 5.91 Å². The summed E-state index contributed by atoms with van der Waals surface area (Å²) in [5, 5.41) is 1.88. The summed E-state index contributed by atoms with van der Waals surface area (Å²) in [4.78, 5) is 25.3. The van der Waals surface area contributed by atoms with Gasteiger partial charge in [0.1, 0.15) is 5.03 Å². The fraction of sp³-hybridized carbons (Fsp3) is 0.200. The van der Waals surface area contributed by atoms with Crippen LogP contribution in [0.3, 0.4) is 0 Å². The van der Waals surface area contributed by atoms with E-state index in [9.17, 15) is 9.59 Å². The Hall–Kier alpha value is -1.13. The number of likely N-dealkylation sites (N-methyl/N-ethyl adjacent to an activating group) is 1. The molecule has 0 aromatic carbocycles. The molecule has 15 heavy (non-hydrogen) atoms. The highest BCUT2D eigenvalue weighted by Gasteiger charge is 2.37. The first kappa shape index (κ1) is 10.4. The molecule has 0 unspecified atom stereocenters. The molecule has 0 N–H and O–H groups in total. The van der Waals surface area contributed by atoms with E-state index in [1.54, 1.807) is 13.0 Å². The standard InChI is InChI=1S/C10H8ClNO2S/c1-2-12-9(13)7(8(11)10(12)14)6-4-3-5-15-6/h3-5H,2H2,1H3. The minimum Gasteiger partial charge on any atom is -0.274 e.